The molecule has 23 heavy (non-hydrogen) atoms. The number of unbranched alkanes of at least 4 members (excludes halogenated alkanes) is 1. The maximum Gasteiger partial charge on any atom is 0.231 e. The molecule has 0 radical (unpaired) electrons. The van der Waals surface area contributed by atoms with Crippen molar-refractivity contribution in [2.75, 3.05) is 18.4 Å². The molecule has 2 rings (SSSR count). The highest BCUT2D eigenvalue weighted by atomic mass is 32.1. The van der Waals surface area contributed by atoms with Crippen LogP contribution in [0.2, 0.25) is 0 Å². The van der Waals surface area contributed by atoms with Gasteiger partial charge in [0.15, 0.2) is 0 Å². The van der Waals surface area contributed by atoms with Crippen LogP contribution in [0.25, 0.3) is 0 Å². The first-order valence-corrected chi connectivity index (χ1v) is 9.01. The molecule has 1 aromatic heterocycles. The van der Waals surface area contributed by atoms with Gasteiger partial charge in [-0.25, -0.2) is 0 Å². The zero-order chi connectivity index (χ0) is 17.0. The van der Waals surface area contributed by atoms with Crippen LogP contribution in [0.5, 0.6) is 0 Å². The summed E-state index contributed by atoms with van der Waals surface area (Å²) in [5.74, 6) is -0.339. The summed E-state index contributed by atoms with van der Waals surface area (Å²) < 4.78 is 0. The summed E-state index contributed by atoms with van der Waals surface area (Å²) in [6.45, 7) is 9.77. The van der Waals surface area contributed by atoms with E-state index in [2.05, 4.69) is 43.2 Å². The third-order valence-corrected chi connectivity index (χ3v) is 4.58. The molecule has 1 fully saturated rings. The van der Waals surface area contributed by atoms with E-state index in [-0.39, 0.29) is 23.1 Å². The lowest BCUT2D eigenvalue weighted by Crippen LogP contribution is -2.29. The second-order valence-electron chi connectivity index (χ2n) is 7.32. The number of carbonyl (C=O) groups excluding carboxylic acids is 2. The summed E-state index contributed by atoms with van der Waals surface area (Å²) in [5.41, 5.74) is 0.137. The topological polar surface area (TPSA) is 75.2 Å². The van der Waals surface area contributed by atoms with Gasteiger partial charge in [-0.05, 0) is 11.8 Å². The van der Waals surface area contributed by atoms with E-state index in [0.29, 0.717) is 18.1 Å². The van der Waals surface area contributed by atoms with Crippen LogP contribution in [0.15, 0.2) is 0 Å². The maximum absolute atomic E-state index is 12.3. The van der Waals surface area contributed by atoms with E-state index in [0.717, 1.165) is 30.8 Å². The van der Waals surface area contributed by atoms with E-state index in [9.17, 15) is 9.59 Å². The van der Waals surface area contributed by atoms with Crippen LogP contribution in [-0.4, -0.2) is 40.0 Å². The normalized spacial score (nSPS) is 18.5. The minimum Gasteiger partial charge on any atom is -0.342 e. The third kappa shape index (κ3) is 5.27. The number of nitrogens with one attached hydrogen (secondary N) is 1. The van der Waals surface area contributed by atoms with Gasteiger partial charge in [-0.3, -0.25) is 9.59 Å². The summed E-state index contributed by atoms with van der Waals surface area (Å²) >= 11 is 1.41. The Bertz CT molecular complexity index is 565. The number of hydrogen-bond acceptors (Lipinski definition) is 5. The zero-order valence-electron chi connectivity index (χ0n) is 14.4. The average molecular weight is 338 g/mol. The second kappa shape index (κ2) is 7.38. The number of rotatable bonds is 6. The molecule has 0 bridgehead atoms. The molecular weight excluding hydrogens is 312 g/mol. The van der Waals surface area contributed by atoms with E-state index in [1.807, 2.05) is 0 Å². The van der Waals surface area contributed by atoms with Crippen LogP contribution >= 0.6 is 11.3 Å². The molecule has 1 N–H and O–H groups in total. The van der Waals surface area contributed by atoms with Crippen molar-refractivity contribution in [2.24, 2.45) is 11.3 Å². The molecule has 0 aromatic carbocycles. The van der Waals surface area contributed by atoms with Crippen molar-refractivity contribution in [3.8, 4) is 0 Å². The Morgan fingerprint density at radius 2 is 2.13 bits per heavy atom. The summed E-state index contributed by atoms with van der Waals surface area (Å²) in [5, 5.41) is 12.4. The van der Waals surface area contributed by atoms with Gasteiger partial charge in [0.05, 0.1) is 5.92 Å². The van der Waals surface area contributed by atoms with Gasteiger partial charge in [-0.2, -0.15) is 0 Å². The molecule has 1 unspecified atom stereocenters. The van der Waals surface area contributed by atoms with Crippen LogP contribution < -0.4 is 5.32 Å². The Morgan fingerprint density at radius 3 is 2.78 bits per heavy atom. The number of hydrogen-bond donors (Lipinski definition) is 1. The number of anilines is 1. The molecule has 0 spiro atoms. The fourth-order valence-electron chi connectivity index (χ4n) is 2.55. The minimum atomic E-state index is -0.283. The van der Waals surface area contributed by atoms with Crippen LogP contribution in [0.1, 0.15) is 52.0 Å². The molecule has 7 heteroatoms. The quantitative estimate of drug-likeness (QED) is 0.865. The molecule has 2 amide bonds. The van der Waals surface area contributed by atoms with Gasteiger partial charge in [0, 0.05) is 25.9 Å². The molecule has 1 atom stereocenters. The van der Waals surface area contributed by atoms with Gasteiger partial charge in [-0.15, -0.1) is 10.2 Å². The lowest BCUT2D eigenvalue weighted by atomic mass is 9.93. The molecule has 6 nitrogen and oxygen atoms in total. The van der Waals surface area contributed by atoms with Gasteiger partial charge < -0.3 is 10.2 Å². The standard InChI is InChI=1S/C16H26N4O2S/c1-5-6-7-20-10-11(8-13(20)21)14(22)17-15-19-18-12(23-15)9-16(2,3)4/h11H,5-10H2,1-4H3,(H,17,19,22). The van der Waals surface area contributed by atoms with Gasteiger partial charge >= 0.3 is 0 Å². The first-order chi connectivity index (χ1) is 10.8. The highest BCUT2D eigenvalue weighted by Crippen LogP contribution is 2.26. The van der Waals surface area contributed by atoms with E-state index in [4.69, 9.17) is 0 Å². The van der Waals surface area contributed by atoms with Crippen molar-refractivity contribution < 1.29 is 9.59 Å². The lowest BCUT2D eigenvalue weighted by Gasteiger charge is -2.15. The SMILES string of the molecule is CCCCN1CC(C(=O)Nc2nnc(CC(C)(C)C)s2)CC1=O. The third-order valence-electron chi connectivity index (χ3n) is 3.75. The molecule has 2 heterocycles. The number of likely N-dealkylation sites (tertiary alicyclic amines) is 1. The van der Waals surface area contributed by atoms with Gasteiger partial charge in [-0.1, -0.05) is 45.5 Å². The summed E-state index contributed by atoms with van der Waals surface area (Å²) in [6.07, 6.45) is 3.14. The van der Waals surface area contributed by atoms with Crippen molar-refractivity contribution in [1.82, 2.24) is 15.1 Å². The minimum absolute atomic E-state index is 0.0734. The first-order valence-electron chi connectivity index (χ1n) is 8.19. The van der Waals surface area contributed by atoms with Crippen molar-refractivity contribution in [3.05, 3.63) is 5.01 Å². The van der Waals surface area contributed by atoms with E-state index in [1.165, 1.54) is 11.3 Å². The molecule has 1 aliphatic heterocycles. The second-order valence-corrected chi connectivity index (χ2v) is 8.38. The Hall–Kier alpha value is -1.50. The zero-order valence-corrected chi connectivity index (χ0v) is 15.2. The van der Waals surface area contributed by atoms with E-state index < -0.39 is 0 Å². The summed E-state index contributed by atoms with van der Waals surface area (Å²) in [7, 11) is 0. The number of carbonyl (C=O) groups is 2. The molecule has 128 valence electrons. The van der Waals surface area contributed by atoms with Crippen LogP contribution in [0.4, 0.5) is 5.13 Å². The fourth-order valence-corrected chi connectivity index (χ4v) is 3.59. The average Bonchev–Trinajstić information content (AvgIpc) is 3.01. The predicted octanol–water partition coefficient (Wildman–Crippen LogP) is 2.71. The summed E-state index contributed by atoms with van der Waals surface area (Å²) in [4.78, 5) is 26.0. The Labute approximate surface area is 141 Å². The molecule has 1 saturated heterocycles. The molecule has 1 aliphatic rings. The smallest absolute Gasteiger partial charge is 0.231 e. The largest absolute Gasteiger partial charge is 0.342 e. The Kier molecular flexibility index (Phi) is 5.73. The predicted molar refractivity (Wildman–Crippen MR) is 91.3 cm³/mol. The van der Waals surface area contributed by atoms with Crippen molar-refractivity contribution in [2.45, 2.75) is 53.4 Å². The molecular formula is C16H26N4O2S. The van der Waals surface area contributed by atoms with Crippen LogP contribution in [0, 0.1) is 11.3 Å². The highest BCUT2D eigenvalue weighted by Gasteiger charge is 2.34. The van der Waals surface area contributed by atoms with Crippen LogP contribution in [-0.2, 0) is 16.0 Å². The Balaban J connectivity index is 1.89. The van der Waals surface area contributed by atoms with Gasteiger partial charge in [0.2, 0.25) is 16.9 Å². The van der Waals surface area contributed by atoms with Crippen molar-refractivity contribution >= 4 is 28.3 Å². The number of aromatic nitrogens is 2. The lowest BCUT2D eigenvalue weighted by molar-refractivity contribution is -0.128. The number of amides is 2. The summed E-state index contributed by atoms with van der Waals surface area (Å²) in [6, 6.07) is 0. The molecule has 0 saturated carbocycles. The molecule has 1 aromatic rings. The molecule has 0 aliphatic carbocycles. The van der Waals surface area contributed by atoms with Crippen LogP contribution in [0.3, 0.4) is 0 Å². The van der Waals surface area contributed by atoms with Gasteiger partial charge in [0.1, 0.15) is 5.01 Å². The highest BCUT2D eigenvalue weighted by molar-refractivity contribution is 7.15. The number of nitrogens with zero attached hydrogens (tertiary/aromatic N) is 3. The Morgan fingerprint density at radius 1 is 1.39 bits per heavy atom. The van der Waals surface area contributed by atoms with Crippen molar-refractivity contribution in [3.63, 3.8) is 0 Å². The van der Waals surface area contributed by atoms with E-state index in [1.54, 1.807) is 4.90 Å². The maximum atomic E-state index is 12.3. The first kappa shape index (κ1) is 17.8. The van der Waals surface area contributed by atoms with E-state index >= 15 is 0 Å². The monoisotopic (exact) mass is 338 g/mol. The van der Waals surface area contributed by atoms with Gasteiger partial charge in [0.25, 0.3) is 0 Å². The van der Waals surface area contributed by atoms with Crippen molar-refractivity contribution in [1.29, 1.82) is 0 Å². The fraction of sp³-hybridized carbons (Fsp3) is 0.750.